The molecule has 0 saturated carbocycles. The zero-order valence-corrected chi connectivity index (χ0v) is 10.6. The van der Waals surface area contributed by atoms with Crippen molar-refractivity contribution >= 4 is 23.2 Å². The molecule has 0 spiro atoms. The van der Waals surface area contributed by atoms with Gasteiger partial charge in [-0.05, 0) is 24.1 Å². The predicted octanol–water partition coefficient (Wildman–Crippen LogP) is 3.79. The van der Waals surface area contributed by atoms with E-state index in [0.29, 0.717) is 5.03 Å². The highest BCUT2D eigenvalue weighted by Gasteiger charge is 2.03. The topological polar surface area (TPSA) is 35.2 Å². The van der Waals surface area contributed by atoms with E-state index in [2.05, 4.69) is 6.92 Å². The van der Waals surface area contributed by atoms with Gasteiger partial charge < -0.3 is 10.5 Å². The molecular weight excluding hydrogens is 245 g/mol. The van der Waals surface area contributed by atoms with Crippen molar-refractivity contribution in [3.8, 4) is 5.75 Å². The molecule has 1 rings (SSSR count). The van der Waals surface area contributed by atoms with Gasteiger partial charge in [-0.25, -0.2) is 0 Å². The molecule has 0 fully saturated rings. The van der Waals surface area contributed by atoms with Crippen LogP contribution in [-0.4, -0.2) is 6.61 Å². The van der Waals surface area contributed by atoms with Gasteiger partial charge >= 0.3 is 0 Å². The van der Waals surface area contributed by atoms with E-state index in [1.807, 2.05) is 24.3 Å². The zero-order valence-electron chi connectivity index (χ0n) is 9.12. The molecule has 1 aromatic carbocycles. The average Bonchev–Trinajstić information content (AvgIpc) is 2.35. The van der Waals surface area contributed by atoms with Crippen molar-refractivity contribution in [3.05, 3.63) is 40.4 Å². The normalized spacial score (nSPS) is 13.6. The van der Waals surface area contributed by atoms with Gasteiger partial charge in [-0.3, -0.25) is 0 Å². The molecule has 1 aromatic rings. The summed E-state index contributed by atoms with van der Waals surface area (Å²) in [5.41, 5.74) is 8.30. The minimum atomic E-state index is 0.0837. The maximum absolute atomic E-state index is 5.90. The Hall–Kier alpha value is -0.700. The molecule has 2 N–H and O–H groups in total. The Morgan fingerprint density at radius 2 is 2.06 bits per heavy atom. The summed E-state index contributed by atoms with van der Waals surface area (Å²) in [6.45, 7) is 2.34. The second-order valence-electron chi connectivity index (χ2n) is 3.43. The van der Waals surface area contributed by atoms with Crippen molar-refractivity contribution in [1.82, 2.24) is 0 Å². The molecule has 0 radical (unpaired) electrons. The molecule has 0 aliphatic carbocycles. The standard InChI is InChI=1S/C12H15Cl2NO/c1-2-12(15)9-3-5-11(6-4-9)16-8-10(14)7-13/h3-7,12H,2,8,15H2,1H3/t12-/m0/s1. The van der Waals surface area contributed by atoms with Crippen molar-refractivity contribution in [1.29, 1.82) is 0 Å². The number of halogens is 2. The number of rotatable bonds is 5. The van der Waals surface area contributed by atoms with Crippen LogP contribution in [0.15, 0.2) is 34.8 Å². The van der Waals surface area contributed by atoms with Gasteiger partial charge in [0.2, 0.25) is 0 Å². The molecule has 2 nitrogen and oxygen atoms in total. The first kappa shape index (κ1) is 13.4. The summed E-state index contributed by atoms with van der Waals surface area (Å²) >= 11 is 11.1. The maximum Gasteiger partial charge on any atom is 0.125 e. The summed E-state index contributed by atoms with van der Waals surface area (Å²) in [4.78, 5) is 0. The van der Waals surface area contributed by atoms with Crippen LogP contribution in [0.2, 0.25) is 0 Å². The monoisotopic (exact) mass is 259 g/mol. The molecule has 16 heavy (non-hydrogen) atoms. The summed E-state index contributed by atoms with van der Waals surface area (Å²) < 4.78 is 5.40. The third kappa shape index (κ3) is 4.05. The average molecular weight is 260 g/mol. The van der Waals surface area contributed by atoms with Crippen LogP contribution in [0.1, 0.15) is 24.9 Å². The molecule has 0 aliphatic heterocycles. The van der Waals surface area contributed by atoms with Crippen molar-refractivity contribution < 1.29 is 4.74 Å². The molecule has 0 aromatic heterocycles. The van der Waals surface area contributed by atoms with E-state index in [-0.39, 0.29) is 12.6 Å². The third-order valence-electron chi connectivity index (χ3n) is 2.24. The SMILES string of the molecule is CC[C@H](N)c1ccc(OCC(Cl)=CCl)cc1. The first-order chi connectivity index (χ1) is 7.67. The lowest BCUT2D eigenvalue weighted by atomic mass is 10.1. The Kier molecular flexibility index (Phi) is 5.67. The maximum atomic E-state index is 5.90. The summed E-state index contributed by atoms with van der Waals surface area (Å²) in [6.07, 6.45) is 0.918. The largest absolute Gasteiger partial charge is 0.488 e. The molecule has 0 heterocycles. The van der Waals surface area contributed by atoms with Gasteiger partial charge in [-0.2, -0.15) is 0 Å². The van der Waals surface area contributed by atoms with Crippen LogP contribution in [0, 0.1) is 0 Å². The van der Waals surface area contributed by atoms with Crippen molar-refractivity contribution in [3.63, 3.8) is 0 Å². The summed E-state index contributed by atoms with van der Waals surface area (Å²) in [6, 6.07) is 7.76. The molecule has 0 aliphatic rings. The van der Waals surface area contributed by atoms with Crippen LogP contribution >= 0.6 is 23.2 Å². The highest BCUT2D eigenvalue weighted by Crippen LogP contribution is 2.19. The first-order valence-corrected chi connectivity index (χ1v) is 5.92. The van der Waals surface area contributed by atoms with Crippen LogP contribution in [0.25, 0.3) is 0 Å². The predicted molar refractivity (Wildman–Crippen MR) is 68.9 cm³/mol. The van der Waals surface area contributed by atoms with E-state index >= 15 is 0 Å². The number of ether oxygens (including phenoxy) is 1. The Morgan fingerprint density at radius 1 is 1.44 bits per heavy atom. The summed E-state index contributed by atoms with van der Waals surface area (Å²) in [5, 5.41) is 0.469. The zero-order chi connectivity index (χ0) is 12.0. The Labute approximate surface area is 106 Å². The molecule has 88 valence electrons. The van der Waals surface area contributed by atoms with Gasteiger partial charge in [0, 0.05) is 11.6 Å². The van der Waals surface area contributed by atoms with Crippen LogP contribution in [-0.2, 0) is 0 Å². The highest BCUT2D eigenvalue weighted by molar-refractivity contribution is 6.36. The van der Waals surface area contributed by atoms with E-state index < -0.39 is 0 Å². The van der Waals surface area contributed by atoms with E-state index in [9.17, 15) is 0 Å². The van der Waals surface area contributed by atoms with Crippen LogP contribution in [0.3, 0.4) is 0 Å². The third-order valence-corrected chi connectivity index (χ3v) is 2.84. The molecule has 4 heteroatoms. The summed E-state index contributed by atoms with van der Waals surface area (Å²) in [7, 11) is 0. The Bertz CT molecular complexity index is 349. The fourth-order valence-corrected chi connectivity index (χ4v) is 1.35. The number of benzene rings is 1. The van der Waals surface area contributed by atoms with Crippen LogP contribution in [0.5, 0.6) is 5.75 Å². The first-order valence-electron chi connectivity index (χ1n) is 5.10. The number of nitrogens with two attached hydrogens (primary N) is 1. The minimum Gasteiger partial charge on any atom is -0.488 e. The molecule has 0 bridgehead atoms. The highest BCUT2D eigenvalue weighted by atomic mass is 35.5. The molecule has 0 amide bonds. The van der Waals surface area contributed by atoms with Gasteiger partial charge in [-0.1, -0.05) is 42.3 Å². The lowest BCUT2D eigenvalue weighted by Crippen LogP contribution is -2.08. The van der Waals surface area contributed by atoms with Gasteiger partial charge in [0.1, 0.15) is 12.4 Å². The quantitative estimate of drug-likeness (QED) is 0.874. The molecule has 0 unspecified atom stereocenters. The van der Waals surface area contributed by atoms with Crippen molar-refractivity contribution in [2.75, 3.05) is 6.61 Å². The lowest BCUT2D eigenvalue weighted by molar-refractivity contribution is 0.359. The van der Waals surface area contributed by atoms with Gasteiger partial charge in [0.15, 0.2) is 0 Å². The Morgan fingerprint density at radius 3 is 2.56 bits per heavy atom. The van der Waals surface area contributed by atoms with Crippen molar-refractivity contribution in [2.24, 2.45) is 5.73 Å². The minimum absolute atomic E-state index is 0.0837. The fraction of sp³-hybridized carbons (Fsp3) is 0.333. The number of hydrogen-bond acceptors (Lipinski definition) is 2. The Balaban J connectivity index is 2.58. The summed E-state index contributed by atoms with van der Waals surface area (Å²) in [5.74, 6) is 0.753. The van der Waals surface area contributed by atoms with E-state index in [0.717, 1.165) is 17.7 Å². The lowest BCUT2D eigenvalue weighted by Gasteiger charge is -2.10. The van der Waals surface area contributed by atoms with Crippen LogP contribution in [0.4, 0.5) is 0 Å². The second-order valence-corrected chi connectivity index (χ2v) is 4.13. The van der Waals surface area contributed by atoms with Gasteiger partial charge in [-0.15, -0.1) is 0 Å². The number of hydrogen-bond donors (Lipinski definition) is 1. The molecular formula is C12H15Cl2NO. The second kappa shape index (κ2) is 6.79. The van der Waals surface area contributed by atoms with E-state index in [1.165, 1.54) is 5.54 Å². The van der Waals surface area contributed by atoms with Gasteiger partial charge in [0.25, 0.3) is 0 Å². The van der Waals surface area contributed by atoms with E-state index in [1.54, 1.807) is 0 Å². The fourth-order valence-electron chi connectivity index (χ4n) is 1.23. The van der Waals surface area contributed by atoms with Crippen LogP contribution < -0.4 is 10.5 Å². The van der Waals surface area contributed by atoms with Gasteiger partial charge in [0.05, 0.1) is 5.03 Å². The smallest absolute Gasteiger partial charge is 0.125 e. The van der Waals surface area contributed by atoms with E-state index in [4.69, 9.17) is 33.7 Å². The molecule has 0 saturated heterocycles. The molecule has 1 atom stereocenters. The van der Waals surface area contributed by atoms with Crippen molar-refractivity contribution in [2.45, 2.75) is 19.4 Å².